The second-order valence-electron chi connectivity index (χ2n) is 5.11. The summed E-state index contributed by atoms with van der Waals surface area (Å²) in [5, 5.41) is 7.32. The van der Waals surface area contributed by atoms with Crippen LogP contribution in [0.25, 0.3) is 0 Å². The number of benzene rings is 1. The molecule has 0 radical (unpaired) electrons. The SMILES string of the molecule is CCCc1c(N)n[nH]c1C1CC1c1ccccc1. The molecule has 0 spiro atoms. The monoisotopic (exact) mass is 241 g/mol. The van der Waals surface area contributed by atoms with Gasteiger partial charge in [-0.15, -0.1) is 0 Å². The lowest BCUT2D eigenvalue weighted by atomic mass is 10.0. The van der Waals surface area contributed by atoms with Gasteiger partial charge in [0.1, 0.15) is 5.82 Å². The fraction of sp³-hybridized carbons (Fsp3) is 0.400. The van der Waals surface area contributed by atoms with Gasteiger partial charge in [0.05, 0.1) is 0 Å². The van der Waals surface area contributed by atoms with Crippen molar-refractivity contribution >= 4 is 5.82 Å². The standard InChI is InChI=1S/C15H19N3/c1-2-6-11-14(17-18-15(11)16)13-9-12(13)10-7-4-3-5-8-10/h3-5,7-8,12-13H,2,6,9H2,1H3,(H3,16,17,18). The van der Waals surface area contributed by atoms with Crippen LogP contribution in [0.3, 0.4) is 0 Å². The molecule has 1 fully saturated rings. The third-order valence-corrected chi connectivity index (χ3v) is 3.82. The van der Waals surface area contributed by atoms with E-state index in [1.165, 1.54) is 23.2 Å². The van der Waals surface area contributed by atoms with E-state index in [4.69, 9.17) is 5.73 Å². The molecule has 0 bridgehead atoms. The summed E-state index contributed by atoms with van der Waals surface area (Å²) in [6.07, 6.45) is 3.34. The predicted molar refractivity (Wildman–Crippen MR) is 73.5 cm³/mol. The lowest BCUT2D eigenvalue weighted by Crippen LogP contribution is -1.95. The van der Waals surface area contributed by atoms with E-state index in [9.17, 15) is 0 Å². The molecule has 1 aliphatic rings. The van der Waals surface area contributed by atoms with E-state index < -0.39 is 0 Å². The molecular formula is C15H19N3. The van der Waals surface area contributed by atoms with Crippen LogP contribution >= 0.6 is 0 Å². The maximum Gasteiger partial charge on any atom is 0.148 e. The molecule has 18 heavy (non-hydrogen) atoms. The van der Waals surface area contributed by atoms with Crippen LogP contribution in [-0.2, 0) is 6.42 Å². The molecule has 2 unspecified atom stereocenters. The summed E-state index contributed by atoms with van der Waals surface area (Å²) in [6, 6.07) is 10.7. The lowest BCUT2D eigenvalue weighted by Gasteiger charge is -2.02. The largest absolute Gasteiger partial charge is 0.382 e. The van der Waals surface area contributed by atoms with Crippen molar-refractivity contribution in [2.75, 3.05) is 5.73 Å². The zero-order valence-corrected chi connectivity index (χ0v) is 10.7. The maximum atomic E-state index is 5.93. The molecule has 0 saturated heterocycles. The lowest BCUT2D eigenvalue weighted by molar-refractivity contribution is 0.874. The summed E-state index contributed by atoms with van der Waals surface area (Å²) in [4.78, 5) is 0. The molecule has 3 N–H and O–H groups in total. The van der Waals surface area contributed by atoms with E-state index >= 15 is 0 Å². The van der Waals surface area contributed by atoms with Crippen molar-refractivity contribution in [1.29, 1.82) is 0 Å². The van der Waals surface area contributed by atoms with Gasteiger partial charge in [-0.2, -0.15) is 5.10 Å². The molecule has 0 amide bonds. The van der Waals surface area contributed by atoms with Gasteiger partial charge in [0.25, 0.3) is 0 Å². The summed E-state index contributed by atoms with van der Waals surface area (Å²) in [7, 11) is 0. The van der Waals surface area contributed by atoms with Crippen molar-refractivity contribution in [2.45, 2.75) is 38.0 Å². The highest BCUT2D eigenvalue weighted by Gasteiger charge is 2.42. The highest BCUT2D eigenvalue weighted by molar-refractivity contribution is 5.47. The number of hydrogen-bond donors (Lipinski definition) is 2. The van der Waals surface area contributed by atoms with Gasteiger partial charge >= 0.3 is 0 Å². The highest BCUT2D eigenvalue weighted by atomic mass is 15.2. The Balaban J connectivity index is 1.82. The zero-order chi connectivity index (χ0) is 12.5. The van der Waals surface area contributed by atoms with Crippen LogP contribution in [0.15, 0.2) is 30.3 Å². The van der Waals surface area contributed by atoms with Crippen molar-refractivity contribution in [3.05, 3.63) is 47.2 Å². The number of nitrogens with zero attached hydrogens (tertiary/aromatic N) is 1. The molecule has 1 aromatic carbocycles. The number of hydrogen-bond acceptors (Lipinski definition) is 2. The van der Waals surface area contributed by atoms with Gasteiger partial charge in [-0.25, -0.2) is 0 Å². The molecule has 1 aliphatic carbocycles. The van der Waals surface area contributed by atoms with Gasteiger partial charge in [-0.3, -0.25) is 5.10 Å². The molecular weight excluding hydrogens is 222 g/mol. The number of anilines is 1. The Bertz CT molecular complexity index is 530. The van der Waals surface area contributed by atoms with Crippen LogP contribution in [0.4, 0.5) is 5.82 Å². The van der Waals surface area contributed by atoms with Crippen LogP contribution in [0.2, 0.25) is 0 Å². The fourth-order valence-electron chi connectivity index (χ4n) is 2.80. The number of nitrogen functional groups attached to an aromatic ring is 1. The van der Waals surface area contributed by atoms with Crippen molar-refractivity contribution in [2.24, 2.45) is 0 Å². The first kappa shape index (κ1) is 11.3. The third-order valence-electron chi connectivity index (χ3n) is 3.82. The topological polar surface area (TPSA) is 54.7 Å². The van der Waals surface area contributed by atoms with Crippen LogP contribution < -0.4 is 5.73 Å². The Kier molecular flexibility index (Phi) is 2.82. The molecule has 1 aromatic heterocycles. The van der Waals surface area contributed by atoms with Crippen molar-refractivity contribution in [3.8, 4) is 0 Å². The van der Waals surface area contributed by atoms with Gasteiger partial charge in [0.2, 0.25) is 0 Å². The maximum absolute atomic E-state index is 5.93. The first-order chi connectivity index (χ1) is 8.81. The Hall–Kier alpha value is -1.77. The van der Waals surface area contributed by atoms with Crippen molar-refractivity contribution in [3.63, 3.8) is 0 Å². The average molecular weight is 241 g/mol. The fourth-order valence-corrected chi connectivity index (χ4v) is 2.80. The van der Waals surface area contributed by atoms with Crippen LogP contribution in [0.5, 0.6) is 0 Å². The normalized spacial score (nSPS) is 22.1. The molecule has 2 aromatic rings. The van der Waals surface area contributed by atoms with Gasteiger partial charge in [-0.1, -0.05) is 43.7 Å². The Morgan fingerprint density at radius 3 is 2.78 bits per heavy atom. The minimum Gasteiger partial charge on any atom is -0.382 e. The molecule has 2 atom stereocenters. The van der Waals surface area contributed by atoms with Crippen molar-refractivity contribution in [1.82, 2.24) is 10.2 Å². The van der Waals surface area contributed by atoms with E-state index in [1.807, 2.05) is 0 Å². The number of rotatable bonds is 4. The summed E-state index contributed by atoms with van der Waals surface area (Å²) in [5.74, 6) is 1.91. The first-order valence-corrected chi connectivity index (χ1v) is 6.68. The molecule has 1 heterocycles. The van der Waals surface area contributed by atoms with Crippen molar-refractivity contribution < 1.29 is 0 Å². The molecule has 3 heteroatoms. The Morgan fingerprint density at radius 1 is 1.28 bits per heavy atom. The van der Waals surface area contributed by atoms with Gasteiger partial charge < -0.3 is 5.73 Å². The molecule has 3 rings (SSSR count). The van der Waals surface area contributed by atoms with E-state index in [1.54, 1.807) is 0 Å². The number of H-pyrrole nitrogens is 1. The Morgan fingerprint density at radius 2 is 2.06 bits per heavy atom. The smallest absolute Gasteiger partial charge is 0.148 e. The average Bonchev–Trinajstić information content (AvgIpc) is 3.12. The summed E-state index contributed by atoms with van der Waals surface area (Å²) in [5.41, 5.74) is 9.87. The quantitative estimate of drug-likeness (QED) is 0.863. The first-order valence-electron chi connectivity index (χ1n) is 6.68. The van der Waals surface area contributed by atoms with Gasteiger partial charge in [0, 0.05) is 17.2 Å². The number of aromatic amines is 1. The predicted octanol–water partition coefficient (Wildman–Crippen LogP) is 3.22. The second kappa shape index (κ2) is 4.48. The number of aromatic nitrogens is 2. The Labute approximate surface area is 107 Å². The van der Waals surface area contributed by atoms with E-state index in [2.05, 4.69) is 47.5 Å². The summed E-state index contributed by atoms with van der Waals surface area (Å²) < 4.78 is 0. The third kappa shape index (κ3) is 1.90. The van der Waals surface area contributed by atoms with Crippen LogP contribution in [0.1, 0.15) is 48.4 Å². The summed E-state index contributed by atoms with van der Waals surface area (Å²) in [6.45, 7) is 2.18. The van der Waals surface area contributed by atoms with E-state index in [0.29, 0.717) is 17.7 Å². The van der Waals surface area contributed by atoms with Crippen LogP contribution in [-0.4, -0.2) is 10.2 Å². The zero-order valence-electron chi connectivity index (χ0n) is 10.7. The number of nitrogens with one attached hydrogen (secondary N) is 1. The molecule has 94 valence electrons. The van der Waals surface area contributed by atoms with E-state index in [0.717, 1.165) is 12.8 Å². The molecule has 3 nitrogen and oxygen atoms in total. The molecule has 0 aliphatic heterocycles. The summed E-state index contributed by atoms with van der Waals surface area (Å²) >= 11 is 0. The second-order valence-corrected chi connectivity index (χ2v) is 5.11. The highest BCUT2D eigenvalue weighted by Crippen LogP contribution is 2.55. The minimum atomic E-state index is 0.582. The van der Waals surface area contributed by atoms with Crippen LogP contribution in [0, 0.1) is 0 Å². The van der Waals surface area contributed by atoms with E-state index in [-0.39, 0.29) is 0 Å². The van der Waals surface area contributed by atoms with Gasteiger partial charge in [-0.05, 0) is 24.3 Å². The number of nitrogens with two attached hydrogens (primary N) is 1. The molecule has 1 saturated carbocycles. The van der Waals surface area contributed by atoms with Gasteiger partial charge in [0.15, 0.2) is 0 Å². The minimum absolute atomic E-state index is 0.582.